The first-order chi connectivity index (χ1) is 15.5. The molecule has 2 aliphatic heterocycles. The lowest BCUT2D eigenvalue weighted by atomic mass is 9.98. The van der Waals surface area contributed by atoms with Gasteiger partial charge in [-0.05, 0) is 76.8 Å². The van der Waals surface area contributed by atoms with E-state index in [0.29, 0.717) is 6.42 Å². The second kappa shape index (κ2) is 12.1. The van der Waals surface area contributed by atoms with E-state index in [-0.39, 0.29) is 18.1 Å². The molecule has 32 heavy (non-hydrogen) atoms. The third-order valence-electron chi connectivity index (χ3n) is 6.90. The maximum atomic E-state index is 12.7. The maximum Gasteiger partial charge on any atom is 0.326 e. The fraction of sp³-hybridized carbons (Fsp3) is 0.720. The number of anilines is 1. The van der Waals surface area contributed by atoms with Gasteiger partial charge in [0.25, 0.3) is 0 Å². The smallest absolute Gasteiger partial charge is 0.326 e. The minimum absolute atomic E-state index is 0.161. The molecule has 3 heterocycles. The second-order valence-electron chi connectivity index (χ2n) is 9.52. The molecule has 0 radical (unpaired) electrons. The summed E-state index contributed by atoms with van der Waals surface area (Å²) in [5, 5.41) is 15.7. The molecule has 2 amide bonds. The highest BCUT2D eigenvalue weighted by atomic mass is 16.4. The van der Waals surface area contributed by atoms with Crippen LogP contribution in [0.25, 0.3) is 0 Å². The van der Waals surface area contributed by atoms with Gasteiger partial charge in [-0.1, -0.05) is 31.7 Å². The van der Waals surface area contributed by atoms with E-state index in [1.165, 1.54) is 12.0 Å². The van der Waals surface area contributed by atoms with Gasteiger partial charge in [-0.15, -0.1) is 0 Å². The van der Waals surface area contributed by atoms with Crippen molar-refractivity contribution in [3.63, 3.8) is 0 Å². The average molecular weight is 445 g/mol. The van der Waals surface area contributed by atoms with Crippen LogP contribution < -0.4 is 10.6 Å². The zero-order chi connectivity index (χ0) is 22.9. The largest absolute Gasteiger partial charge is 0.480 e. The van der Waals surface area contributed by atoms with Crippen molar-refractivity contribution in [1.29, 1.82) is 0 Å². The van der Waals surface area contributed by atoms with Gasteiger partial charge in [0.05, 0.1) is 0 Å². The lowest BCUT2D eigenvalue weighted by Gasteiger charge is -2.39. The summed E-state index contributed by atoms with van der Waals surface area (Å²) >= 11 is 0. The zero-order valence-corrected chi connectivity index (χ0v) is 19.7. The van der Waals surface area contributed by atoms with E-state index in [1.54, 1.807) is 0 Å². The summed E-state index contributed by atoms with van der Waals surface area (Å²) in [5.74, 6) is 0.117. The molecule has 0 aromatic carbocycles. The predicted octanol–water partition coefficient (Wildman–Crippen LogP) is 4.75. The van der Waals surface area contributed by atoms with E-state index in [4.69, 9.17) is 4.98 Å². The first-order valence-electron chi connectivity index (χ1n) is 12.5. The molecule has 3 atom stereocenters. The van der Waals surface area contributed by atoms with E-state index in [2.05, 4.69) is 22.8 Å². The molecule has 0 aliphatic carbocycles. The number of aryl methyl sites for hydroxylation is 2. The number of carboxylic acid groups (broad SMARTS) is 1. The lowest BCUT2D eigenvalue weighted by molar-refractivity contribution is -0.139. The van der Waals surface area contributed by atoms with Gasteiger partial charge in [0.15, 0.2) is 0 Å². The maximum absolute atomic E-state index is 12.7. The number of carbonyl (C=O) groups is 2. The molecule has 3 N–H and O–H groups in total. The van der Waals surface area contributed by atoms with Crippen molar-refractivity contribution in [3.8, 4) is 0 Å². The molecule has 7 nitrogen and oxygen atoms in total. The van der Waals surface area contributed by atoms with Gasteiger partial charge in [0.1, 0.15) is 11.9 Å². The number of piperidine rings is 1. The molecule has 1 aromatic heterocycles. The summed E-state index contributed by atoms with van der Waals surface area (Å²) in [6.07, 6.45) is 11.9. The average Bonchev–Trinajstić information content (AvgIpc) is 2.77. The van der Waals surface area contributed by atoms with Crippen LogP contribution in [0.3, 0.4) is 0 Å². The van der Waals surface area contributed by atoms with Crippen molar-refractivity contribution >= 4 is 17.8 Å². The van der Waals surface area contributed by atoms with Crippen LogP contribution in [0.2, 0.25) is 0 Å². The normalized spacial score (nSPS) is 21.4. The van der Waals surface area contributed by atoms with Crippen LogP contribution >= 0.6 is 0 Å². The number of amides is 2. The number of aliphatic carboxylic acids is 1. The van der Waals surface area contributed by atoms with Crippen LogP contribution in [0.15, 0.2) is 12.1 Å². The molecule has 1 saturated heterocycles. The molecule has 3 rings (SSSR count). The third kappa shape index (κ3) is 6.84. The predicted molar refractivity (Wildman–Crippen MR) is 127 cm³/mol. The van der Waals surface area contributed by atoms with Crippen LogP contribution in [0.1, 0.15) is 89.3 Å². The van der Waals surface area contributed by atoms with Crippen molar-refractivity contribution in [2.24, 2.45) is 0 Å². The van der Waals surface area contributed by atoms with Crippen LogP contribution in [0, 0.1) is 0 Å². The number of hydrogen-bond acceptors (Lipinski definition) is 4. The van der Waals surface area contributed by atoms with Crippen LogP contribution in [-0.2, 0) is 17.6 Å². The van der Waals surface area contributed by atoms with Gasteiger partial charge in [0.2, 0.25) is 0 Å². The highest BCUT2D eigenvalue weighted by Gasteiger charge is 2.31. The highest BCUT2D eigenvalue weighted by molar-refractivity contribution is 5.82. The van der Waals surface area contributed by atoms with Crippen molar-refractivity contribution in [2.75, 3.05) is 11.9 Å². The molecular formula is C25H40N4O3. The van der Waals surface area contributed by atoms with Gasteiger partial charge in [-0.3, -0.25) is 0 Å². The van der Waals surface area contributed by atoms with Gasteiger partial charge in [-0.25, -0.2) is 14.6 Å². The Balaban J connectivity index is 1.32. The SMILES string of the molecule is C[C@@H]1CCC[C@H](C)N1C(=O)NC(CCCCCCCc1ccc2c(n1)NCCC2)C(=O)O. The van der Waals surface area contributed by atoms with Crippen molar-refractivity contribution in [1.82, 2.24) is 15.2 Å². The minimum atomic E-state index is -0.942. The molecule has 1 unspecified atom stereocenters. The molecule has 1 aromatic rings. The summed E-state index contributed by atoms with van der Waals surface area (Å²) in [5.41, 5.74) is 2.47. The Bertz CT molecular complexity index is 760. The summed E-state index contributed by atoms with van der Waals surface area (Å²) < 4.78 is 0. The summed E-state index contributed by atoms with van der Waals surface area (Å²) in [4.78, 5) is 30.9. The van der Waals surface area contributed by atoms with E-state index < -0.39 is 12.0 Å². The van der Waals surface area contributed by atoms with E-state index in [9.17, 15) is 14.7 Å². The lowest BCUT2D eigenvalue weighted by Crippen LogP contribution is -2.55. The molecule has 2 aliphatic rings. The first kappa shape index (κ1) is 24.3. The Kier molecular flexibility index (Phi) is 9.18. The number of likely N-dealkylation sites (tertiary alicyclic amines) is 1. The number of nitrogens with zero attached hydrogens (tertiary/aromatic N) is 2. The number of rotatable bonds is 10. The Labute approximate surface area is 192 Å². The standard InChI is InChI=1S/C25H40N4O3/c1-18-10-8-11-19(2)29(18)25(32)28-22(24(30)31)14-7-5-3-4-6-13-21-16-15-20-12-9-17-26-23(20)27-21/h15-16,18-19,22H,3-14,17H2,1-2H3,(H,26,27)(H,28,32)(H,30,31)/t18-,19+,22?. The molecule has 0 saturated carbocycles. The molecule has 7 heteroatoms. The van der Waals surface area contributed by atoms with Crippen LogP contribution in [0.4, 0.5) is 10.6 Å². The third-order valence-corrected chi connectivity index (χ3v) is 6.90. The Morgan fingerprint density at radius 3 is 2.59 bits per heavy atom. The van der Waals surface area contributed by atoms with Crippen LogP contribution in [0.5, 0.6) is 0 Å². The number of carbonyl (C=O) groups excluding carboxylic acids is 1. The van der Waals surface area contributed by atoms with E-state index in [0.717, 1.165) is 82.3 Å². The van der Waals surface area contributed by atoms with Crippen molar-refractivity contribution in [2.45, 2.75) is 109 Å². The quantitative estimate of drug-likeness (QED) is 0.453. The first-order valence-corrected chi connectivity index (χ1v) is 12.5. The van der Waals surface area contributed by atoms with E-state index in [1.807, 2.05) is 18.7 Å². The minimum Gasteiger partial charge on any atom is -0.480 e. The van der Waals surface area contributed by atoms with Crippen LogP contribution in [-0.4, -0.2) is 51.7 Å². The Hall–Kier alpha value is -2.31. The Morgan fingerprint density at radius 2 is 1.84 bits per heavy atom. The van der Waals surface area contributed by atoms with Crippen molar-refractivity contribution in [3.05, 3.63) is 23.4 Å². The monoisotopic (exact) mass is 444 g/mol. The number of pyridine rings is 1. The number of urea groups is 1. The van der Waals surface area contributed by atoms with Gasteiger partial charge >= 0.3 is 12.0 Å². The number of unbranched alkanes of at least 4 members (excludes halogenated alkanes) is 4. The molecule has 1 fully saturated rings. The van der Waals surface area contributed by atoms with Crippen molar-refractivity contribution < 1.29 is 14.7 Å². The number of carboxylic acids is 1. The molecule has 0 spiro atoms. The topological polar surface area (TPSA) is 94.6 Å². The summed E-state index contributed by atoms with van der Waals surface area (Å²) in [7, 11) is 0. The Morgan fingerprint density at radius 1 is 1.12 bits per heavy atom. The van der Waals surface area contributed by atoms with Gasteiger partial charge in [-0.2, -0.15) is 0 Å². The number of nitrogens with one attached hydrogen (secondary N) is 2. The number of hydrogen-bond donors (Lipinski definition) is 3. The number of aromatic nitrogens is 1. The summed E-state index contributed by atoms with van der Waals surface area (Å²) in [6.45, 7) is 5.10. The fourth-order valence-electron chi connectivity index (χ4n) is 5.00. The molecule has 0 bridgehead atoms. The molecular weight excluding hydrogens is 404 g/mol. The fourth-order valence-corrected chi connectivity index (χ4v) is 5.00. The number of fused-ring (bicyclic) bond motifs is 1. The van der Waals surface area contributed by atoms with Gasteiger partial charge < -0.3 is 20.6 Å². The summed E-state index contributed by atoms with van der Waals surface area (Å²) in [6, 6.07) is 3.63. The highest BCUT2D eigenvalue weighted by Crippen LogP contribution is 2.23. The molecule has 178 valence electrons. The zero-order valence-electron chi connectivity index (χ0n) is 19.7. The van der Waals surface area contributed by atoms with E-state index >= 15 is 0 Å². The van der Waals surface area contributed by atoms with Gasteiger partial charge in [0, 0.05) is 24.3 Å². The second-order valence-corrected chi connectivity index (χ2v) is 9.52.